The van der Waals surface area contributed by atoms with Crippen molar-refractivity contribution in [1.82, 2.24) is 0 Å². The van der Waals surface area contributed by atoms with Gasteiger partial charge in [-0.25, -0.2) is 0 Å². The van der Waals surface area contributed by atoms with Gasteiger partial charge < -0.3 is 0 Å². The molecule has 0 saturated carbocycles. The zero-order valence-electron chi connectivity index (χ0n) is 23.0. The average molecular weight is 558 g/mol. The topological polar surface area (TPSA) is 0 Å². The van der Waals surface area contributed by atoms with E-state index in [-0.39, 0.29) is 0 Å². The zero-order chi connectivity index (χ0) is 26.0. The van der Waals surface area contributed by atoms with E-state index < -0.39 is 8.07 Å². The Labute approximate surface area is 228 Å². The molecule has 0 saturated heterocycles. The highest BCUT2D eigenvalue weighted by atomic mass is 79.9. The van der Waals surface area contributed by atoms with Gasteiger partial charge in [0.25, 0.3) is 0 Å². The van der Waals surface area contributed by atoms with Gasteiger partial charge >= 0.3 is 0 Å². The number of halogens is 1. The van der Waals surface area contributed by atoms with E-state index in [0.717, 1.165) is 17.3 Å². The summed E-state index contributed by atoms with van der Waals surface area (Å²) in [6.45, 7) is 17.0. The van der Waals surface area contributed by atoms with Crippen LogP contribution in [0.15, 0.2) is 82.5 Å². The van der Waals surface area contributed by atoms with Crippen LogP contribution in [-0.2, 0) is 0 Å². The normalized spacial score (nSPS) is 15.5. The van der Waals surface area contributed by atoms with E-state index in [2.05, 4.69) is 143 Å². The summed E-state index contributed by atoms with van der Waals surface area (Å²) in [5.41, 5.74) is 13.1. The zero-order valence-corrected chi connectivity index (χ0v) is 25.6. The molecule has 0 heterocycles. The quantitative estimate of drug-likeness (QED) is 0.242. The standard InChI is InChI=1S/C34H41BrSi/c1-8-9-15-29(30-19-20-34(35)31-18-13-12-17-28(30)31)32-21-26-14-10-11-16-27(26)33(32)22-36(23(2)3,24(4)5)25(6)7/h10-25H,8-9H2,1-7H3/b29-15+,33-22+. The number of rotatable bonds is 8. The molecule has 36 heavy (non-hydrogen) atoms. The van der Waals surface area contributed by atoms with Crippen LogP contribution in [0.25, 0.3) is 28.0 Å². The highest BCUT2D eigenvalue weighted by Gasteiger charge is 2.42. The Hall–Kier alpha value is -2.16. The lowest BCUT2D eigenvalue weighted by molar-refractivity contribution is 0.833. The molecule has 0 N–H and O–H groups in total. The molecule has 0 atom stereocenters. The number of unbranched alkanes of at least 4 members (excludes halogenated alkanes) is 1. The van der Waals surface area contributed by atoms with E-state index in [0.29, 0.717) is 16.6 Å². The van der Waals surface area contributed by atoms with Crippen molar-refractivity contribution in [2.45, 2.75) is 77.9 Å². The fourth-order valence-corrected chi connectivity index (χ4v) is 12.8. The molecule has 0 unspecified atom stereocenters. The molecular formula is C34H41BrSi. The van der Waals surface area contributed by atoms with Crippen LogP contribution in [0.2, 0.25) is 16.6 Å². The summed E-state index contributed by atoms with van der Waals surface area (Å²) in [6, 6.07) is 22.3. The van der Waals surface area contributed by atoms with Crippen LogP contribution in [0.1, 0.15) is 78.0 Å². The Morgan fingerprint density at radius 1 is 0.806 bits per heavy atom. The van der Waals surface area contributed by atoms with Gasteiger partial charge in [-0.2, -0.15) is 0 Å². The van der Waals surface area contributed by atoms with Crippen LogP contribution in [0.3, 0.4) is 0 Å². The van der Waals surface area contributed by atoms with Gasteiger partial charge in [-0.3, -0.25) is 0 Å². The lowest BCUT2D eigenvalue weighted by Crippen LogP contribution is -2.43. The Kier molecular flexibility index (Phi) is 8.27. The van der Waals surface area contributed by atoms with E-state index in [1.807, 2.05) is 0 Å². The minimum atomic E-state index is -1.78. The molecular weight excluding hydrogens is 516 g/mol. The summed E-state index contributed by atoms with van der Waals surface area (Å²) in [7, 11) is -1.78. The first kappa shape index (κ1) is 26.9. The van der Waals surface area contributed by atoms with E-state index in [1.165, 1.54) is 44.2 Å². The molecule has 0 nitrogen and oxygen atoms in total. The fraction of sp³-hybridized carbons (Fsp3) is 0.353. The lowest BCUT2D eigenvalue weighted by atomic mass is 9.89. The van der Waals surface area contributed by atoms with Crippen molar-refractivity contribution in [1.29, 1.82) is 0 Å². The van der Waals surface area contributed by atoms with Crippen LogP contribution in [0, 0.1) is 0 Å². The second-order valence-corrected chi connectivity index (χ2v) is 17.8. The minimum absolute atomic E-state index is 0.676. The van der Waals surface area contributed by atoms with Crippen molar-refractivity contribution in [3.05, 3.63) is 99.2 Å². The summed E-state index contributed by atoms with van der Waals surface area (Å²) < 4.78 is 1.15. The third-order valence-electron chi connectivity index (χ3n) is 8.32. The van der Waals surface area contributed by atoms with Crippen molar-refractivity contribution >= 4 is 52.0 Å². The lowest BCUT2D eigenvalue weighted by Gasteiger charge is -2.41. The predicted molar refractivity (Wildman–Crippen MR) is 168 cm³/mol. The summed E-state index contributed by atoms with van der Waals surface area (Å²) in [5.74, 6) is 0. The van der Waals surface area contributed by atoms with Crippen LogP contribution < -0.4 is 0 Å². The molecule has 0 bridgehead atoms. The van der Waals surface area contributed by atoms with E-state index in [1.54, 1.807) is 0 Å². The monoisotopic (exact) mass is 556 g/mol. The van der Waals surface area contributed by atoms with Crippen LogP contribution in [0.4, 0.5) is 0 Å². The first-order valence-electron chi connectivity index (χ1n) is 13.6. The van der Waals surface area contributed by atoms with Crippen molar-refractivity contribution in [2.24, 2.45) is 0 Å². The van der Waals surface area contributed by atoms with Gasteiger partial charge in [0.15, 0.2) is 0 Å². The number of hydrogen-bond acceptors (Lipinski definition) is 0. The van der Waals surface area contributed by atoms with Crippen molar-refractivity contribution in [3.63, 3.8) is 0 Å². The first-order valence-corrected chi connectivity index (χ1v) is 16.7. The predicted octanol–water partition coefficient (Wildman–Crippen LogP) is 11.5. The van der Waals surface area contributed by atoms with Gasteiger partial charge in [0, 0.05) is 4.47 Å². The van der Waals surface area contributed by atoms with Crippen LogP contribution in [-0.4, -0.2) is 8.07 Å². The third-order valence-corrected chi connectivity index (χ3v) is 15.8. The maximum atomic E-state index is 3.80. The molecule has 0 aromatic heterocycles. The Morgan fingerprint density at radius 2 is 1.42 bits per heavy atom. The molecule has 0 amide bonds. The maximum Gasteiger partial charge on any atom is 0.0861 e. The molecule has 1 aliphatic rings. The van der Waals surface area contributed by atoms with Crippen molar-refractivity contribution in [3.8, 4) is 0 Å². The molecule has 0 radical (unpaired) electrons. The maximum absolute atomic E-state index is 3.80. The molecule has 0 fully saturated rings. The molecule has 3 aromatic rings. The van der Waals surface area contributed by atoms with E-state index in [4.69, 9.17) is 0 Å². The molecule has 1 aliphatic carbocycles. The van der Waals surface area contributed by atoms with Gasteiger partial charge in [0.05, 0.1) is 8.07 Å². The molecule has 188 valence electrons. The average Bonchev–Trinajstić information content (AvgIpc) is 3.21. The van der Waals surface area contributed by atoms with Gasteiger partial charge in [-0.05, 0) is 79.4 Å². The second-order valence-electron chi connectivity index (χ2n) is 11.2. The highest BCUT2D eigenvalue weighted by molar-refractivity contribution is 9.10. The largest absolute Gasteiger partial charge is 0.0861 e. The van der Waals surface area contributed by atoms with Gasteiger partial charge in [-0.15, -0.1) is 0 Å². The number of benzene rings is 3. The van der Waals surface area contributed by atoms with E-state index >= 15 is 0 Å². The highest BCUT2D eigenvalue weighted by Crippen LogP contribution is 2.50. The Morgan fingerprint density at radius 3 is 2.06 bits per heavy atom. The van der Waals surface area contributed by atoms with Gasteiger partial charge in [-0.1, -0.05) is 137 Å². The van der Waals surface area contributed by atoms with Crippen molar-refractivity contribution in [2.75, 3.05) is 0 Å². The van der Waals surface area contributed by atoms with Crippen LogP contribution in [0.5, 0.6) is 0 Å². The van der Waals surface area contributed by atoms with Crippen molar-refractivity contribution < 1.29 is 0 Å². The number of hydrogen-bond donors (Lipinski definition) is 0. The van der Waals surface area contributed by atoms with Gasteiger partial charge in [0.2, 0.25) is 0 Å². The number of fused-ring (bicyclic) bond motifs is 2. The Balaban J connectivity index is 2.02. The molecule has 0 spiro atoms. The smallest absolute Gasteiger partial charge is 0.0851 e. The first-order chi connectivity index (χ1) is 17.2. The molecule has 2 heteroatoms. The minimum Gasteiger partial charge on any atom is -0.0851 e. The fourth-order valence-electron chi connectivity index (χ4n) is 6.53. The van der Waals surface area contributed by atoms with E-state index in [9.17, 15) is 0 Å². The molecule has 0 aliphatic heterocycles. The van der Waals surface area contributed by atoms with Crippen LogP contribution >= 0.6 is 15.9 Å². The molecule has 4 rings (SSSR count). The third kappa shape index (κ3) is 4.75. The number of allylic oxidation sites excluding steroid dienone is 4. The SMILES string of the molecule is CCC/C=C(/C1=Cc2ccccc2/C1=C\[Si](C(C)C)(C(C)C)C(C)C)c1ccc(Br)c2ccccc12. The Bertz CT molecular complexity index is 1310. The molecule has 3 aromatic carbocycles. The summed E-state index contributed by atoms with van der Waals surface area (Å²) >= 11 is 3.80. The summed E-state index contributed by atoms with van der Waals surface area (Å²) in [4.78, 5) is 0. The van der Waals surface area contributed by atoms with Gasteiger partial charge in [0.1, 0.15) is 0 Å². The summed E-state index contributed by atoms with van der Waals surface area (Å²) in [6.07, 6.45) is 7.16. The summed E-state index contributed by atoms with van der Waals surface area (Å²) in [5, 5.41) is 2.58. The second kappa shape index (κ2) is 11.1.